The SMILES string of the molecule is CC(=O)[O-].CCC1CC=C(C)CN1Cc1ccccc1. The third-order valence-electron chi connectivity index (χ3n) is 3.41. The summed E-state index contributed by atoms with van der Waals surface area (Å²) in [5, 5.41) is 8.89. The summed E-state index contributed by atoms with van der Waals surface area (Å²) in [5.41, 5.74) is 2.94. The van der Waals surface area contributed by atoms with Gasteiger partial charge in [-0.2, -0.15) is 0 Å². The summed E-state index contributed by atoms with van der Waals surface area (Å²) < 4.78 is 0. The maximum Gasteiger partial charge on any atom is 0.0383 e. The normalized spacial score (nSPS) is 18.8. The van der Waals surface area contributed by atoms with Crippen molar-refractivity contribution in [2.45, 2.75) is 46.2 Å². The van der Waals surface area contributed by atoms with Crippen molar-refractivity contribution in [1.29, 1.82) is 0 Å². The molecular weight excluding hydrogens is 250 g/mol. The Bertz CT molecular complexity index is 436. The fourth-order valence-corrected chi connectivity index (χ4v) is 2.43. The number of carboxylic acid groups (broad SMARTS) is 1. The third-order valence-corrected chi connectivity index (χ3v) is 3.41. The summed E-state index contributed by atoms with van der Waals surface area (Å²) >= 11 is 0. The van der Waals surface area contributed by atoms with E-state index in [4.69, 9.17) is 9.90 Å². The molecule has 1 heterocycles. The number of aliphatic carboxylic acids is 1. The molecule has 3 nitrogen and oxygen atoms in total. The molecule has 2 rings (SSSR count). The molecule has 1 aromatic carbocycles. The molecule has 0 N–H and O–H groups in total. The second-order valence-corrected chi connectivity index (χ2v) is 5.23. The summed E-state index contributed by atoms with van der Waals surface area (Å²) in [4.78, 5) is 11.5. The molecule has 110 valence electrons. The molecule has 0 aliphatic carbocycles. The van der Waals surface area contributed by atoms with Gasteiger partial charge in [0.15, 0.2) is 0 Å². The van der Waals surface area contributed by atoms with Gasteiger partial charge < -0.3 is 9.90 Å². The number of rotatable bonds is 3. The first kappa shape index (κ1) is 16.4. The minimum atomic E-state index is -1.08. The molecule has 1 aliphatic rings. The van der Waals surface area contributed by atoms with Crippen molar-refractivity contribution in [3.8, 4) is 0 Å². The topological polar surface area (TPSA) is 43.4 Å². The molecule has 3 heteroatoms. The van der Waals surface area contributed by atoms with E-state index in [1.807, 2.05) is 0 Å². The van der Waals surface area contributed by atoms with Crippen LogP contribution in [-0.2, 0) is 11.3 Å². The van der Waals surface area contributed by atoms with Gasteiger partial charge in [-0.3, -0.25) is 4.90 Å². The Morgan fingerprint density at radius 3 is 2.50 bits per heavy atom. The van der Waals surface area contributed by atoms with Gasteiger partial charge in [0.05, 0.1) is 0 Å². The van der Waals surface area contributed by atoms with E-state index in [0.29, 0.717) is 0 Å². The van der Waals surface area contributed by atoms with Crippen LogP contribution in [0.25, 0.3) is 0 Å². The van der Waals surface area contributed by atoms with E-state index in [9.17, 15) is 0 Å². The largest absolute Gasteiger partial charge is 0.550 e. The maximum atomic E-state index is 8.89. The van der Waals surface area contributed by atoms with Crippen molar-refractivity contribution >= 4 is 5.97 Å². The van der Waals surface area contributed by atoms with Crippen LogP contribution in [-0.4, -0.2) is 23.5 Å². The Hall–Kier alpha value is -1.61. The predicted molar refractivity (Wildman–Crippen MR) is 80.0 cm³/mol. The Morgan fingerprint density at radius 2 is 1.95 bits per heavy atom. The standard InChI is InChI=1S/C15H21N.C2H4O2/c1-3-15-10-9-13(2)11-16(15)12-14-7-5-4-6-8-14;1-2(3)4/h4-9,15H,3,10-12H2,1-2H3;1H3,(H,3,4)/p-1. The Balaban J connectivity index is 0.000000444. The van der Waals surface area contributed by atoms with Gasteiger partial charge >= 0.3 is 0 Å². The van der Waals surface area contributed by atoms with Crippen LogP contribution in [0.4, 0.5) is 0 Å². The number of hydrogen-bond donors (Lipinski definition) is 0. The highest BCUT2D eigenvalue weighted by Gasteiger charge is 2.19. The van der Waals surface area contributed by atoms with Crippen LogP contribution in [0.2, 0.25) is 0 Å². The fourth-order valence-electron chi connectivity index (χ4n) is 2.43. The van der Waals surface area contributed by atoms with Crippen LogP contribution in [0.3, 0.4) is 0 Å². The lowest BCUT2D eigenvalue weighted by Gasteiger charge is -2.34. The van der Waals surface area contributed by atoms with E-state index >= 15 is 0 Å². The zero-order chi connectivity index (χ0) is 15.0. The van der Waals surface area contributed by atoms with Gasteiger partial charge in [-0.15, -0.1) is 0 Å². The van der Waals surface area contributed by atoms with E-state index in [1.54, 1.807) is 0 Å². The highest BCUT2D eigenvalue weighted by atomic mass is 16.4. The number of carboxylic acids is 1. The second kappa shape index (κ2) is 8.54. The predicted octanol–water partition coefficient (Wildman–Crippen LogP) is 2.37. The zero-order valence-corrected chi connectivity index (χ0v) is 12.6. The number of nitrogens with zero attached hydrogens (tertiary/aromatic N) is 1. The molecule has 0 radical (unpaired) electrons. The monoisotopic (exact) mass is 274 g/mol. The summed E-state index contributed by atoms with van der Waals surface area (Å²) in [5.74, 6) is -1.08. The summed E-state index contributed by atoms with van der Waals surface area (Å²) in [6, 6.07) is 11.5. The molecule has 1 atom stereocenters. The van der Waals surface area contributed by atoms with E-state index in [-0.39, 0.29) is 0 Å². The van der Waals surface area contributed by atoms with Crippen molar-refractivity contribution < 1.29 is 9.90 Å². The fraction of sp³-hybridized carbons (Fsp3) is 0.471. The molecule has 0 aromatic heterocycles. The lowest BCUT2D eigenvalue weighted by atomic mass is 10.0. The van der Waals surface area contributed by atoms with Crippen LogP contribution < -0.4 is 5.11 Å². The molecule has 20 heavy (non-hydrogen) atoms. The molecule has 0 fully saturated rings. The average molecular weight is 274 g/mol. The highest BCUT2D eigenvalue weighted by molar-refractivity contribution is 5.60. The van der Waals surface area contributed by atoms with E-state index in [0.717, 1.165) is 26.1 Å². The van der Waals surface area contributed by atoms with E-state index < -0.39 is 5.97 Å². The van der Waals surface area contributed by atoms with Gasteiger partial charge in [0.1, 0.15) is 0 Å². The molecule has 0 spiro atoms. The summed E-state index contributed by atoms with van der Waals surface area (Å²) in [6.45, 7) is 7.72. The van der Waals surface area contributed by atoms with Gasteiger partial charge in [-0.05, 0) is 32.3 Å². The van der Waals surface area contributed by atoms with Gasteiger partial charge in [0.25, 0.3) is 0 Å². The Kier molecular flexibility index (Phi) is 7.02. The van der Waals surface area contributed by atoms with Crippen LogP contribution in [0.15, 0.2) is 42.0 Å². The number of benzene rings is 1. The minimum Gasteiger partial charge on any atom is -0.550 e. The van der Waals surface area contributed by atoms with Crippen molar-refractivity contribution in [3.05, 3.63) is 47.5 Å². The van der Waals surface area contributed by atoms with E-state index in [1.165, 1.54) is 24.0 Å². The Morgan fingerprint density at radius 1 is 1.35 bits per heavy atom. The number of hydrogen-bond acceptors (Lipinski definition) is 3. The maximum absolute atomic E-state index is 8.89. The molecule has 0 bridgehead atoms. The summed E-state index contributed by atoms with van der Waals surface area (Å²) in [7, 11) is 0. The van der Waals surface area contributed by atoms with Crippen LogP contribution in [0.5, 0.6) is 0 Å². The molecule has 0 amide bonds. The lowest BCUT2D eigenvalue weighted by molar-refractivity contribution is -0.302. The highest BCUT2D eigenvalue weighted by Crippen LogP contribution is 2.20. The van der Waals surface area contributed by atoms with Crippen molar-refractivity contribution in [3.63, 3.8) is 0 Å². The minimum absolute atomic E-state index is 0.726. The first-order valence-electron chi connectivity index (χ1n) is 7.14. The number of carbonyl (C=O) groups is 1. The number of carbonyl (C=O) groups excluding carboxylic acids is 1. The molecule has 0 saturated heterocycles. The molecule has 1 unspecified atom stereocenters. The van der Waals surface area contributed by atoms with E-state index in [2.05, 4.69) is 55.2 Å². The van der Waals surface area contributed by atoms with Gasteiger partial charge in [-0.25, -0.2) is 0 Å². The molecule has 0 saturated carbocycles. The first-order chi connectivity index (χ1) is 9.52. The van der Waals surface area contributed by atoms with Gasteiger partial charge in [0.2, 0.25) is 0 Å². The molecule has 1 aromatic rings. The third kappa shape index (κ3) is 6.02. The first-order valence-corrected chi connectivity index (χ1v) is 7.14. The second-order valence-electron chi connectivity index (χ2n) is 5.23. The van der Waals surface area contributed by atoms with Crippen molar-refractivity contribution in [2.24, 2.45) is 0 Å². The van der Waals surface area contributed by atoms with Crippen LogP contribution in [0, 0.1) is 0 Å². The van der Waals surface area contributed by atoms with Crippen LogP contribution in [0.1, 0.15) is 39.2 Å². The lowest BCUT2D eigenvalue weighted by Crippen LogP contribution is -2.37. The quantitative estimate of drug-likeness (QED) is 0.795. The van der Waals surface area contributed by atoms with Gasteiger partial charge in [0, 0.05) is 25.1 Å². The Labute approximate surface area is 121 Å². The zero-order valence-electron chi connectivity index (χ0n) is 12.6. The van der Waals surface area contributed by atoms with Crippen LogP contribution >= 0.6 is 0 Å². The van der Waals surface area contributed by atoms with Gasteiger partial charge in [-0.1, -0.05) is 48.9 Å². The van der Waals surface area contributed by atoms with Crippen molar-refractivity contribution in [2.75, 3.05) is 6.54 Å². The molecular formula is C17H24NO2-. The molecule has 1 aliphatic heterocycles. The smallest absolute Gasteiger partial charge is 0.0383 e. The average Bonchev–Trinajstić information content (AvgIpc) is 2.39. The van der Waals surface area contributed by atoms with Crippen molar-refractivity contribution in [1.82, 2.24) is 4.90 Å². The summed E-state index contributed by atoms with van der Waals surface area (Å²) in [6.07, 6.45) is 4.86.